The zero-order valence-corrected chi connectivity index (χ0v) is 12.7. The molecule has 9 heteroatoms. The van der Waals surface area contributed by atoms with Crippen LogP contribution in [0.4, 0.5) is 4.79 Å². The topological polar surface area (TPSA) is 145 Å². The number of aliphatic hydroxyl groups excluding tert-OH is 2. The number of rotatable bonds is 6. The predicted octanol–water partition coefficient (Wildman–Crippen LogP) is 0.417. The lowest BCUT2D eigenvalue weighted by Gasteiger charge is -2.21. The number of carboxylic acids is 1. The number of carbonyl (C=O) groups is 2. The van der Waals surface area contributed by atoms with E-state index in [-0.39, 0.29) is 24.2 Å². The van der Waals surface area contributed by atoms with Crippen LogP contribution in [0.25, 0.3) is 0 Å². The minimum absolute atomic E-state index is 0.0164. The van der Waals surface area contributed by atoms with Gasteiger partial charge in [-0.1, -0.05) is 0 Å². The van der Waals surface area contributed by atoms with E-state index in [0.29, 0.717) is 0 Å². The fraction of sp³-hybridized carbons (Fsp3) is 0.615. The molecule has 0 saturated carbocycles. The van der Waals surface area contributed by atoms with Gasteiger partial charge in [0.15, 0.2) is 0 Å². The van der Waals surface area contributed by atoms with Crippen molar-refractivity contribution in [2.75, 3.05) is 6.54 Å². The second kappa shape index (κ2) is 7.23. The van der Waals surface area contributed by atoms with E-state index < -0.39 is 29.9 Å². The Morgan fingerprint density at radius 2 is 2.05 bits per heavy atom. The monoisotopic (exact) mass is 315 g/mol. The number of amides is 1. The summed E-state index contributed by atoms with van der Waals surface area (Å²) >= 11 is 0. The molecule has 124 valence electrons. The highest BCUT2D eigenvalue weighted by atomic mass is 16.6. The standard InChI is InChI=1S/C13H21N3O6/c1-13(2,3)22-12(21)14-5-4-8(17)10(18)7-6-15-16-9(7)11(19)20/h6,8,10,17-18H,4-5H2,1-3H3,(H,14,21)(H,15,16)(H,19,20). The van der Waals surface area contributed by atoms with Crippen LogP contribution in [0.3, 0.4) is 0 Å². The Kier molecular flexibility index (Phi) is 5.89. The summed E-state index contributed by atoms with van der Waals surface area (Å²) in [7, 11) is 0. The molecule has 9 nitrogen and oxygen atoms in total. The molecule has 0 saturated heterocycles. The van der Waals surface area contributed by atoms with Crippen LogP contribution in [0.2, 0.25) is 0 Å². The Balaban J connectivity index is 2.48. The number of aliphatic hydroxyl groups is 2. The van der Waals surface area contributed by atoms with Gasteiger partial charge >= 0.3 is 12.1 Å². The smallest absolute Gasteiger partial charge is 0.407 e. The largest absolute Gasteiger partial charge is 0.477 e. The van der Waals surface area contributed by atoms with Gasteiger partial charge in [0.25, 0.3) is 0 Å². The van der Waals surface area contributed by atoms with Crippen LogP contribution in [-0.4, -0.2) is 55.8 Å². The van der Waals surface area contributed by atoms with Crippen molar-refractivity contribution < 1.29 is 29.6 Å². The predicted molar refractivity (Wildman–Crippen MR) is 75.4 cm³/mol. The zero-order valence-electron chi connectivity index (χ0n) is 12.7. The third-order valence-electron chi connectivity index (χ3n) is 2.67. The average molecular weight is 315 g/mol. The van der Waals surface area contributed by atoms with E-state index in [1.807, 2.05) is 0 Å². The van der Waals surface area contributed by atoms with Crippen molar-refractivity contribution >= 4 is 12.1 Å². The van der Waals surface area contributed by atoms with Crippen molar-refractivity contribution in [1.82, 2.24) is 15.5 Å². The maximum absolute atomic E-state index is 11.4. The van der Waals surface area contributed by atoms with Gasteiger partial charge in [0.1, 0.15) is 17.4 Å². The third kappa shape index (κ3) is 5.34. The molecule has 0 aromatic carbocycles. The summed E-state index contributed by atoms with van der Waals surface area (Å²) in [6, 6.07) is 0. The fourth-order valence-electron chi connectivity index (χ4n) is 1.69. The van der Waals surface area contributed by atoms with Gasteiger partial charge in [0.05, 0.1) is 12.3 Å². The van der Waals surface area contributed by atoms with Crippen LogP contribution in [0.5, 0.6) is 0 Å². The molecule has 22 heavy (non-hydrogen) atoms. The lowest BCUT2D eigenvalue weighted by Crippen LogP contribution is -2.34. The first-order valence-electron chi connectivity index (χ1n) is 6.71. The van der Waals surface area contributed by atoms with Crippen molar-refractivity contribution in [1.29, 1.82) is 0 Å². The quantitative estimate of drug-likeness (QED) is 0.511. The molecule has 1 rings (SSSR count). The number of hydrogen-bond donors (Lipinski definition) is 5. The van der Waals surface area contributed by atoms with Gasteiger partial charge in [-0.3, -0.25) is 5.10 Å². The zero-order chi connectivity index (χ0) is 16.9. The molecule has 0 aliphatic heterocycles. The number of carboxylic acid groups (broad SMARTS) is 1. The number of aromatic amines is 1. The van der Waals surface area contributed by atoms with Crippen LogP contribution >= 0.6 is 0 Å². The average Bonchev–Trinajstić information content (AvgIpc) is 2.84. The molecule has 0 spiro atoms. The van der Waals surface area contributed by atoms with Gasteiger partial charge in [-0.05, 0) is 27.2 Å². The first-order valence-corrected chi connectivity index (χ1v) is 6.71. The summed E-state index contributed by atoms with van der Waals surface area (Å²) in [5.74, 6) is -1.29. The first-order chi connectivity index (χ1) is 10.1. The number of aromatic nitrogens is 2. The molecule has 0 radical (unpaired) electrons. The van der Waals surface area contributed by atoms with E-state index in [4.69, 9.17) is 9.84 Å². The third-order valence-corrected chi connectivity index (χ3v) is 2.67. The normalized spacial score (nSPS) is 14.2. The van der Waals surface area contributed by atoms with E-state index in [9.17, 15) is 19.8 Å². The number of nitrogens with zero attached hydrogens (tertiary/aromatic N) is 1. The van der Waals surface area contributed by atoms with Crippen molar-refractivity contribution in [3.8, 4) is 0 Å². The van der Waals surface area contributed by atoms with Crippen molar-refractivity contribution in [2.24, 2.45) is 0 Å². The van der Waals surface area contributed by atoms with Crippen LogP contribution in [0.15, 0.2) is 6.20 Å². The van der Waals surface area contributed by atoms with Gasteiger partial charge in [-0.25, -0.2) is 9.59 Å². The molecule has 0 aliphatic rings. The molecule has 1 heterocycles. The molecule has 1 aromatic rings. The molecule has 0 aliphatic carbocycles. The van der Waals surface area contributed by atoms with E-state index in [1.165, 1.54) is 0 Å². The van der Waals surface area contributed by atoms with E-state index in [0.717, 1.165) is 6.20 Å². The van der Waals surface area contributed by atoms with Crippen LogP contribution in [0.1, 0.15) is 49.3 Å². The highest BCUT2D eigenvalue weighted by Gasteiger charge is 2.25. The minimum Gasteiger partial charge on any atom is -0.477 e. The second-order valence-corrected chi connectivity index (χ2v) is 5.74. The number of alkyl carbamates (subject to hydrolysis) is 1. The summed E-state index contributed by atoms with van der Waals surface area (Å²) in [6.45, 7) is 5.22. The van der Waals surface area contributed by atoms with Crippen molar-refractivity contribution in [3.05, 3.63) is 17.5 Å². The van der Waals surface area contributed by atoms with Crippen LogP contribution in [-0.2, 0) is 4.74 Å². The Morgan fingerprint density at radius 3 is 2.59 bits per heavy atom. The summed E-state index contributed by atoms with van der Waals surface area (Å²) in [6.07, 6.45) is -2.16. The summed E-state index contributed by atoms with van der Waals surface area (Å²) in [5.41, 5.74) is -0.931. The molecule has 1 amide bonds. The SMILES string of the molecule is CC(C)(C)OC(=O)NCCC(O)C(O)c1cn[nH]c1C(=O)O. The van der Waals surface area contributed by atoms with Gasteiger partial charge in [-0.15, -0.1) is 0 Å². The van der Waals surface area contributed by atoms with Gasteiger partial charge in [0, 0.05) is 12.1 Å². The van der Waals surface area contributed by atoms with Crippen molar-refractivity contribution in [2.45, 2.75) is 45.0 Å². The van der Waals surface area contributed by atoms with E-state index in [2.05, 4.69) is 15.5 Å². The van der Waals surface area contributed by atoms with Gasteiger partial charge < -0.3 is 25.4 Å². The molecular formula is C13H21N3O6. The Labute approximate surface area is 127 Å². The maximum Gasteiger partial charge on any atom is 0.407 e. The molecule has 1 aromatic heterocycles. The number of aromatic carboxylic acids is 1. The Bertz CT molecular complexity index is 522. The first kappa shape index (κ1) is 17.9. The van der Waals surface area contributed by atoms with Crippen LogP contribution < -0.4 is 5.32 Å². The number of ether oxygens (including phenoxy) is 1. The van der Waals surface area contributed by atoms with E-state index in [1.54, 1.807) is 20.8 Å². The molecule has 2 unspecified atom stereocenters. The van der Waals surface area contributed by atoms with Crippen LogP contribution in [0, 0.1) is 0 Å². The summed E-state index contributed by atoms with van der Waals surface area (Å²) in [4.78, 5) is 22.3. The Morgan fingerprint density at radius 1 is 1.41 bits per heavy atom. The molecule has 0 bridgehead atoms. The summed E-state index contributed by atoms with van der Waals surface area (Å²) in [5, 5.41) is 36.9. The second-order valence-electron chi connectivity index (χ2n) is 5.74. The highest BCUT2D eigenvalue weighted by molar-refractivity contribution is 5.87. The molecule has 5 N–H and O–H groups in total. The number of carbonyl (C=O) groups excluding carboxylic acids is 1. The minimum atomic E-state index is -1.43. The molecule has 0 fully saturated rings. The Hall–Kier alpha value is -2.13. The molecular weight excluding hydrogens is 294 g/mol. The van der Waals surface area contributed by atoms with E-state index >= 15 is 0 Å². The number of nitrogens with one attached hydrogen (secondary N) is 2. The number of hydrogen-bond acceptors (Lipinski definition) is 6. The van der Waals surface area contributed by atoms with Gasteiger partial charge in [-0.2, -0.15) is 5.10 Å². The summed E-state index contributed by atoms with van der Waals surface area (Å²) < 4.78 is 5.02. The highest BCUT2D eigenvalue weighted by Crippen LogP contribution is 2.21. The lowest BCUT2D eigenvalue weighted by atomic mass is 10.0. The fourth-order valence-corrected chi connectivity index (χ4v) is 1.69. The molecule has 2 atom stereocenters. The maximum atomic E-state index is 11.4. The number of H-pyrrole nitrogens is 1. The lowest BCUT2D eigenvalue weighted by molar-refractivity contribution is 0.0115. The van der Waals surface area contributed by atoms with Gasteiger partial charge in [0.2, 0.25) is 0 Å². The van der Waals surface area contributed by atoms with Crippen molar-refractivity contribution in [3.63, 3.8) is 0 Å².